The van der Waals surface area contributed by atoms with Crippen LogP contribution < -0.4 is 15.4 Å². The number of thioether (sulfide) groups is 1. The molecule has 0 spiro atoms. The van der Waals surface area contributed by atoms with Crippen molar-refractivity contribution in [2.24, 2.45) is 0 Å². The molecule has 6 nitrogen and oxygen atoms in total. The molecule has 0 aliphatic rings. The number of benzene rings is 2. The van der Waals surface area contributed by atoms with Gasteiger partial charge in [-0.25, -0.2) is 4.98 Å². The van der Waals surface area contributed by atoms with Gasteiger partial charge in [0.2, 0.25) is 5.91 Å². The first-order valence-corrected chi connectivity index (χ1v) is 11.3. The lowest BCUT2D eigenvalue weighted by Gasteiger charge is -2.10. The molecule has 2 amide bonds. The van der Waals surface area contributed by atoms with Gasteiger partial charge < -0.3 is 10.1 Å². The van der Waals surface area contributed by atoms with Crippen LogP contribution in [-0.4, -0.2) is 35.7 Å². The molecule has 1 aromatic heterocycles. The first kappa shape index (κ1) is 21.9. The lowest BCUT2D eigenvalue weighted by Crippen LogP contribution is -2.31. The van der Waals surface area contributed by atoms with Crippen molar-refractivity contribution in [2.75, 3.05) is 18.2 Å². The summed E-state index contributed by atoms with van der Waals surface area (Å²) in [4.78, 5) is 30.1. The van der Waals surface area contributed by atoms with E-state index < -0.39 is 0 Å². The van der Waals surface area contributed by atoms with Gasteiger partial charge in [-0.05, 0) is 38.1 Å². The molecule has 1 heterocycles. The molecule has 0 radical (unpaired) electrons. The monoisotopic (exact) mass is 441 g/mol. The van der Waals surface area contributed by atoms with Crippen molar-refractivity contribution in [2.45, 2.75) is 24.8 Å². The molecular weight excluding hydrogens is 418 g/mol. The summed E-state index contributed by atoms with van der Waals surface area (Å²) >= 11 is 2.68. The van der Waals surface area contributed by atoms with Gasteiger partial charge in [-0.3, -0.25) is 14.9 Å². The summed E-state index contributed by atoms with van der Waals surface area (Å²) in [5.41, 5.74) is 2.11. The van der Waals surface area contributed by atoms with Crippen LogP contribution in [0.3, 0.4) is 0 Å². The Morgan fingerprint density at radius 2 is 1.87 bits per heavy atom. The third-order valence-corrected chi connectivity index (χ3v) is 5.88. The minimum atomic E-state index is -0.261. The first-order chi connectivity index (χ1) is 14.5. The van der Waals surface area contributed by atoms with E-state index in [1.165, 1.54) is 23.1 Å². The summed E-state index contributed by atoms with van der Waals surface area (Å²) in [5, 5.41) is 8.09. The highest BCUT2D eigenvalue weighted by atomic mass is 32.2. The number of amides is 2. The highest BCUT2D eigenvalue weighted by Crippen LogP contribution is 2.32. The van der Waals surface area contributed by atoms with Gasteiger partial charge in [-0.1, -0.05) is 24.3 Å². The second kappa shape index (κ2) is 10.3. The maximum Gasteiger partial charge on any atom is 0.258 e. The summed E-state index contributed by atoms with van der Waals surface area (Å²) in [6, 6.07) is 14.9. The van der Waals surface area contributed by atoms with Gasteiger partial charge in [-0.2, -0.15) is 0 Å². The van der Waals surface area contributed by atoms with Gasteiger partial charge in [0.15, 0.2) is 5.13 Å². The molecule has 8 heteroatoms. The van der Waals surface area contributed by atoms with Crippen LogP contribution in [0.15, 0.2) is 58.8 Å². The average Bonchev–Trinajstić information content (AvgIpc) is 3.20. The molecule has 0 aliphatic heterocycles. The van der Waals surface area contributed by atoms with Crippen LogP contribution in [0.5, 0.6) is 5.75 Å². The van der Waals surface area contributed by atoms with E-state index in [2.05, 4.69) is 15.6 Å². The molecule has 0 saturated carbocycles. The van der Waals surface area contributed by atoms with E-state index in [4.69, 9.17) is 4.74 Å². The molecule has 2 aromatic carbocycles. The van der Waals surface area contributed by atoms with Crippen molar-refractivity contribution in [1.29, 1.82) is 0 Å². The van der Waals surface area contributed by atoms with Crippen LogP contribution in [0.25, 0.3) is 11.3 Å². The lowest BCUT2D eigenvalue weighted by atomic mass is 10.1. The number of carbonyl (C=O) groups is 2. The number of ether oxygens (including phenoxy) is 1. The van der Waals surface area contributed by atoms with E-state index in [9.17, 15) is 9.59 Å². The Morgan fingerprint density at radius 1 is 1.13 bits per heavy atom. The Labute approximate surface area is 184 Å². The molecule has 30 heavy (non-hydrogen) atoms. The van der Waals surface area contributed by atoms with E-state index in [0.29, 0.717) is 10.7 Å². The normalized spacial score (nSPS) is 10.7. The van der Waals surface area contributed by atoms with Crippen molar-refractivity contribution in [3.63, 3.8) is 0 Å². The van der Waals surface area contributed by atoms with E-state index in [-0.39, 0.29) is 23.6 Å². The zero-order chi connectivity index (χ0) is 21.5. The number of nitrogens with zero attached hydrogens (tertiary/aromatic N) is 1. The number of nitrogens with one attached hydrogen (secondary N) is 2. The Kier molecular flexibility index (Phi) is 7.48. The highest BCUT2D eigenvalue weighted by Gasteiger charge is 2.16. The smallest absolute Gasteiger partial charge is 0.258 e. The SMILES string of the molecule is COc1ccccc1-c1csc(NC(=O)c2ccccc2SCC(=O)NC(C)C)n1. The van der Waals surface area contributed by atoms with Crippen LogP contribution in [0, 0.1) is 0 Å². The van der Waals surface area contributed by atoms with Crippen molar-refractivity contribution in [3.05, 3.63) is 59.5 Å². The van der Waals surface area contributed by atoms with Gasteiger partial charge in [0.05, 0.1) is 24.1 Å². The summed E-state index contributed by atoms with van der Waals surface area (Å²) in [6.45, 7) is 3.83. The molecule has 0 aliphatic carbocycles. The summed E-state index contributed by atoms with van der Waals surface area (Å²) < 4.78 is 5.39. The van der Waals surface area contributed by atoms with E-state index in [1.807, 2.05) is 55.6 Å². The van der Waals surface area contributed by atoms with Gasteiger partial charge in [-0.15, -0.1) is 23.1 Å². The standard InChI is InChI=1S/C22H23N3O3S2/c1-14(2)23-20(26)13-29-19-11-7-5-9-16(19)21(27)25-22-24-17(12-30-22)15-8-4-6-10-18(15)28-3/h4-12,14H,13H2,1-3H3,(H,23,26)(H,24,25,27). The Morgan fingerprint density at radius 3 is 2.63 bits per heavy atom. The van der Waals surface area contributed by atoms with E-state index >= 15 is 0 Å². The number of hydrogen-bond acceptors (Lipinski definition) is 6. The molecule has 3 aromatic rings. The van der Waals surface area contributed by atoms with E-state index in [1.54, 1.807) is 19.2 Å². The minimum absolute atomic E-state index is 0.0633. The first-order valence-electron chi connectivity index (χ1n) is 9.39. The predicted octanol–water partition coefficient (Wildman–Crippen LogP) is 4.69. The zero-order valence-corrected chi connectivity index (χ0v) is 18.6. The number of methoxy groups -OCH3 is 1. The number of rotatable bonds is 8. The van der Waals surface area contributed by atoms with Crippen LogP contribution in [-0.2, 0) is 4.79 Å². The molecule has 0 atom stereocenters. The molecule has 3 rings (SSSR count). The minimum Gasteiger partial charge on any atom is -0.496 e. The maximum atomic E-state index is 12.8. The molecular formula is C22H23N3O3S2. The largest absolute Gasteiger partial charge is 0.496 e. The topological polar surface area (TPSA) is 80.3 Å². The highest BCUT2D eigenvalue weighted by molar-refractivity contribution is 8.00. The maximum absolute atomic E-state index is 12.8. The third kappa shape index (κ3) is 5.61. The predicted molar refractivity (Wildman–Crippen MR) is 122 cm³/mol. The van der Waals surface area contributed by atoms with Crippen LogP contribution in [0.4, 0.5) is 5.13 Å². The fourth-order valence-corrected chi connectivity index (χ4v) is 4.33. The third-order valence-electron chi connectivity index (χ3n) is 4.05. The average molecular weight is 442 g/mol. The number of hydrogen-bond donors (Lipinski definition) is 2. The summed E-state index contributed by atoms with van der Waals surface area (Å²) in [6.07, 6.45) is 0. The lowest BCUT2D eigenvalue weighted by molar-refractivity contribution is -0.119. The number of carbonyl (C=O) groups excluding carboxylic acids is 2. The Hall–Kier alpha value is -2.84. The van der Waals surface area contributed by atoms with Gasteiger partial charge in [0.25, 0.3) is 5.91 Å². The van der Waals surface area contributed by atoms with Crippen LogP contribution in [0.1, 0.15) is 24.2 Å². The van der Waals surface area contributed by atoms with Crippen molar-refractivity contribution >= 4 is 40.0 Å². The zero-order valence-electron chi connectivity index (χ0n) is 17.0. The van der Waals surface area contributed by atoms with Crippen molar-refractivity contribution in [1.82, 2.24) is 10.3 Å². The number of anilines is 1. The molecule has 2 N–H and O–H groups in total. The quantitative estimate of drug-likeness (QED) is 0.496. The second-order valence-corrected chi connectivity index (χ2v) is 8.57. The van der Waals surface area contributed by atoms with Crippen LogP contribution >= 0.6 is 23.1 Å². The Balaban J connectivity index is 1.71. The Bertz CT molecular complexity index is 1030. The second-order valence-electron chi connectivity index (χ2n) is 6.70. The molecule has 0 unspecified atom stereocenters. The molecule has 156 valence electrons. The van der Waals surface area contributed by atoms with Gasteiger partial charge in [0, 0.05) is 21.9 Å². The fraction of sp³-hybridized carbons (Fsp3) is 0.227. The number of thiazole rings is 1. The van der Waals surface area contributed by atoms with Gasteiger partial charge >= 0.3 is 0 Å². The van der Waals surface area contributed by atoms with Crippen molar-refractivity contribution < 1.29 is 14.3 Å². The molecule has 0 bridgehead atoms. The summed E-state index contributed by atoms with van der Waals surface area (Å²) in [5.74, 6) is 0.648. The fourth-order valence-electron chi connectivity index (χ4n) is 2.76. The number of para-hydroxylation sites is 1. The molecule has 0 saturated heterocycles. The van der Waals surface area contributed by atoms with Crippen LogP contribution in [0.2, 0.25) is 0 Å². The number of aromatic nitrogens is 1. The van der Waals surface area contributed by atoms with Crippen molar-refractivity contribution in [3.8, 4) is 17.0 Å². The summed E-state index contributed by atoms with van der Waals surface area (Å²) in [7, 11) is 1.61. The molecule has 0 fully saturated rings. The van der Waals surface area contributed by atoms with E-state index in [0.717, 1.165) is 21.9 Å². The van der Waals surface area contributed by atoms with Gasteiger partial charge in [0.1, 0.15) is 5.75 Å².